The molecule has 27 heavy (non-hydrogen) atoms. The minimum absolute atomic E-state index is 0. The average Bonchev–Trinajstić information content (AvgIpc) is 3.14. The van der Waals surface area contributed by atoms with Gasteiger partial charge >= 0.3 is 0 Å². The van der Waals surface area contributed by atoms with E-state index in [0.29, 0.717) is 25.4 Å². The van der Waals surface area contributed by atoms with Crippen LogP contribution in [0.4, 0.5) is 0 Å². The summed E-state index contributed by atoms with van der Waals surface area (Å²) >= 11 is 0. The van der Waals surface area contributed by atoms with Crippen molar-refractivity contribution in [3.05, 3.63) is 29.8 Å². The monoisotopic (exact) mass is 510 g/mol. The molecule has 0 amide bonds. The molecule has 0 aromatic heterocycles. The van der Waals surface area contributed by atoms with Gasteiger partial charge in [-0.05, 0) is 37.5 Å². The highest BCUT2D eigenvalue weighted by atomic mass is 127. The summed E-state index contributed by atoms with van der Waals surface area (Å²) < 4.78 is 30.6. The number of aliphatic imine (C=N–C) groups is 1. The molecule has 1 aromatic rings. The first-order valence-corrected chi connectivity index (χ1v) is 10.7. The van der Waals surface area contributed by atoms with E-state index in [-0.39, 0.29) is 29.7 Å². The van der Waals surface area contributed by atoms with Crippen LogP contribution in [0.2, 0.25) is 0 Å². The second-order valence-corrected chi connectivity index (χ2v) is 8.43. The zero-order valence-corrected chi connectivity index (χ0v) is 19.4. The van der Waals surface area contributed by atoms with Crippen LogP contribution in [0, 0.1) is 0 Å². The van der Waals surface area contributed by atoms with Crippen molar-refractivity contribution in [2.24, 2.45) is 4.99 Å². The minimum Gasteiger partial charge on any atom is -0.497 e. The zero-order valence-electron chi connectivity index (χ0n) is 16.3. The van der Waals surface area contributed by atoms with Crippen LogP contribution in [0.15, 0.2) is 29.3 Å². The molecule has 2 rings (SSSR count). The van der Waals surface area contributed by atoms with Gasteiger partial charge in [0.1, 0.15) is 5.75 Å². The van der Waals surface area contributed by atoms with Gasteiger partial charge in [-0.1, -0.05) is 12.1 Å². The summed E-state index contributed by atoms with van der Waals surface area (Å²) in [5.74, 6) is 2.35. The number of guanidine groups is 1. The number of ether oxygens (including phenoxy) is 1. The van der Waals surface area contributed by atoms with Crippen LogP contribution in [-0.2, 0) is 10.0 Å². The number of rotatable bonds is 8. The summed E-state index contributed by atoms with van der Waals surface area (Å²) in [5, 5.41) is 3.33. The van der Waals surface area contributed by atoms with Crippen LogP contribution in [0.5, 0.6) is 5.75 Å². The molecule has 0 bridgehead atoms. The Bertz CT molecular complexity index is 695. The largest absolute Gasteiger partial charge is 0.497 e. The number of benzene rings is 1. The third kappa shape index (κ3) is 7.46. The van der Waals surface area contributed by atoms with Gasteiger partial charge in [0.05, 0.1) is 12.9 Å². The zero-order chi connectivity index (χ0) is 19.0. The number of sulfonamides is 1. The van der Waals surface area contributed by atoms with Gasteiger partial charge in [0.2, 0.25) is 10.0 Å². The maximum atomic E-state index is 11.4. The van der Waals surface area contributed by atoms with Crippen molar-refractivity contribution in [2.75, 3.05) is 46.1 Å². The van der Waals surface area contributed by atoms with Crippen LogP contribution in [0.25, 0.3) is 0 Å². The number of nitrogens with zero attached hydrogens (tertiary/aromatic N) is 2. The Morgan fingerprint density at radius 3 is 2.59 bits per heavy atom. The topological polar surface area (TPSA) is 83.0 Å². The first-order valence-electron chi connectivity index (χ1n) is 9.06. The standard InChI is InChI=1S/C18H30N4O3S.HI/c1-4-26(23,24)21-12-5-11-20-18(19-2)22-13-10-16(14-22)15-6-8-17(25-3)9-7-15;/h6-9,16,21H,4-5,10-14H2,1-3H3,(H,19,20);1H. The Hall–Kier alpha value is -1.07. The molecule has 154 valence electrons. The van der Waals surface area contributed by atoms with E-state index in [1.807, 2.05) is 12.1 Å². The molecule has 1 fully saturated rings. The normalized spacial score (nSPS) is 17.5. The molecule has 1 atom stereocenters. The molecule has 1 saturated heterocycles. The second kappa shape index (κ2) is 11.7. The first-order chi connectivity index (χ1) is 12.5. The van der Waals surface area contributed by atoms with Crippen LogP contribution in [0.3, 0.4) is 0 Å². The number of hydrogen-bond donors (Lipinski definition) is 2. The molecule has 0 aliphatic carbocycles. The predicted octanol–water partition coefficient (Wildman–Crippen LogP) is 2.01. The van der Waals surface area contributed by atoms with E-state index in [1.54, 1.807) is 21.1 Å². The van der Waals surface area contributed by atoms with Crippen LogP contribution >= 0.6 is 24.0 Å². The highest BCUT2D eigenvalue weighted by Gasteiger charge is 2.25. The van der Waals surface area contributed by atoms with Gasteiger partial charge in [-0.3, -0.25) is 4.99 Å². The third-order valence-corrected chi connectivity index (χ3v) is 6.03. The Morgan fingerprint density at radius 1 is 1.30 bits per heavy atom. The fourth-order valence-corrected chi connectivity index (χ4v) is 3.71. The molecule has 0 saturated carbocycles. The van der Waals surface area contributed by atoms with E-state index in [0.717, 1.165) is 31.2 Å². The van der Waals surface area contributed by atoms with E-state index in [9.17, 15) is 8.42 Å². The maximum Gasteiger partial charge on any atom is 0.211 e. The quantitative estimate of drug-likeness (QED) is 0.242. The van der Waals surface area contributed by atoms with Gasteiger partial charge in [0.25, 0.3) is 0 Å². The van der Waals surface area contributed by atoms with Gasteiger partial charge in [-0.25, -0.2) is 13.1 Å². The summed E-state index contributed by atoms with van der Waals surface area (Å²) in [6.45, 7) is 4.64. The second-order valence-electron chi connectivity index (χ2n) is 6.33. The lowest BCUT2D eigenvalue weighted by atomic mass is 9.98. The van der Waals surface area contributed by atoms with Crippen molar-refractivity contribution in [3.8, 4) is 5.75 Å². The first kappa shape index (κ1) is 24.0. The fraction of sp³-hybridized carbons (Fsp3) is 0.611. The number of halogens is 1. The molecule has 1 aliphatic heterocycles. The van der Waals surface area contributed by atoms with Crippen molar-refractivity contribution >= 4 is 40.0 Å². The number of likely N-dealkylation sites (tertiary alicyclic amines) is 1. The summed E-state index contributed by atoms with van der Waals surface area (Å²) in [5.41, 5.74) is 1.32. The van der Waals surface area contributed by atoms with Gasteiger partial charge in [0, 0.05) is 39.1 Å². The molecule has 0 spiro atoms. The minimum atomic E-state index is -3.11. The van der Waals surface area contributed by atoms with E-state index < -0.39 is 10.0 Å². The number of methoxy groups -OCH3 is 1. The van der Waals surface area contributed by atoms with Crippen molar-refractivity contribution in [1.29, 1.82) is 0 Å². The summed E-state index contributed by atoms with van der Waals surface area (Å²) in [6.07, 6.45) is 1.80. The molecule has 7 nitrogen and oxygen atoms in total. The van der Waals surface area contributed by atoms with Crippen LogP contribution in [0.1, 0.15) is 31.2 Å². The third-order valence-electron chi connectivity index (χ3n) is 4.63. The van der Waals surface area contributed by atoms with Crippen LogP contribution < -0.4 is 14.8 Å². The fourth-order valence-electron chi connectivity index (χ4n) is 3.05. The highest BCUT2D eigenvalue weighted by Crippen LogP contribution is 2.28. The molecular formula is C18H31IN4O3S. The average molecular weight is 510 g/mol. The molecule has 1 unspecified atom stereocenters. The van der Waals surface area contributed by atoms with Gasteiger partial charge in [0.15, 0.2) is 5.96 Å². The Labute approximate surface area is 180 Å². The van der Waals surface area contributed by atoms with E-state index in [2.05, 4.69) is 32.1 Å². The molecule has 2 N–H and O–H groups in total. The Morgan fingerprint density at radius 2 is 2.00 bits per heavy atom. The Balaban J connectivity index is 0.00000364. The van der Waals surface area contributed by atoms with Crippen molar-refractivity contribution in [1.82, 2.24) is 14.9 Å². The van der Waals surface area contributed by atoms with E-state index >= 15 is 0 Å². The molecule has 1 aliphatic rings. The van der Waals surface area contributed by atoms with E-state index in [1.165, 1.54) is 5.56 Å². The maximum absolute atomic E-state index is 11.4. The molecular weight excluding hydrogens is 479 g/mol. The van der Waals surface area contributed by atoms with Crippen LogP contribution in [-0.4, -0.2) is 65.4 Å². The summed E-state index contributed by atoms with van der Waals surface area (Å²) in [4.78, 5) is 6.62. The number of hydrogen-bond acceptors (Lipinski definition) is 4. The number of nitrogens with one attached hydrogen (secondary N) is 2. The summed E-state index contributed by atoms with van der Waals surface area (Å²) in [7, 11) is 0.345. The van der Waals surface area contributed by atoms with Crippen molar-refractivity contribution < 1.29 is 13.2 Å². The Kier molecular flexibility index (Phi) is 10.4. The molecule has 1 aromatic carbocycles. The predicted molar refractivity (Wildman–Crippen MR) is 121 cm³/mol. The van der Waals surface area contributed by atoms with Crippen molar-refractivity contribution in [3.63, 3.8) is 0 Å². The van der Waals surface area contributed by atoms with Gasteiger partial charge in [-0.15, -0.1) is 24.0 Å². The lowest BCUT2D eigenvalue weighted by molar-refractivity contribution is 0.414. The molecule has 0 radical (unpaired) electrons. The highest BCUT2D eigenvalue weighted by molar-refractivity contribution is 14.0. The smallest absolute Gasteiger partial charge is 0.211 e. The van der Waals surface area contributed by atoms with E-state index in [4.69, 9.17) is 4.74 Å². The van der Waals surface area contributed by atoms with Gasteiger partial charge in [-0.2, -0.15) is 0 Å². The van der Waals surface area contributed by atoms with Gasteiger partial charge < -0.3 is 15.0 Å². The lowest BCUT2D eigenvalue weighted by Gasteiger charge is -2.22. The van der Waals surface area contributed by atoms with Crippen molar-refractivity contribution in [2.45, 2.75) is 25.7 Å². The summed E-state index contributed by atoms with van der Waals surface area (Å²) in [6, 6.07) is 8.26. The lowest BCUT2D eigenvalue weighted by Crippen LogP contribution is -2.41. The molecule has 1 heterocycles. The molecule has 9 heteroatoms. The SMILES string of the molecule is CCS(=O)(=O)NCCCNC(=NC)N1CCC(c2ccc(OC)cc2)C1.I.